The molecule has 1 aliphatic rings. The van der Waals surface area contributed by atoms with E-state index in [1.54, 1.807) is 18.9 Å². The lowest BCUT2D eigenvalue weighted by molar-refractivity contribution is -0.599. The van der Waals surface area contributed by atoms with E-state index in [4.69, 9.17) is 26.1 Å². The van der Waals surface area contributed by atoms with E-state index in [-0.39, 0.29) is 16.6 Å². The Morgan fingerprint density at radius 3 is 1.95 bits per heavy atom. The lowest BCUT2D eigenvalue weighted by Gasteiger charge is -2.11. The molecule has 1 aliphatic heterocycles. The summed E-state index contributed by atoms with van der Waals surface area (Å²) in [5.74, 6) is 1.73. The molecule has 7 heteroatoms. The monoisotopic (exact) mass is 548 g/mol. The van der Waals surface area contributed by atoms with Gasteiger partial charge >= 0.3 is 5.56 Å². The highest BCUT2D eigenvalue weighted by atomic mass is 35.5. The second kappa shape index (κ2) is 10.8. The van der Waals surface area contributed by atoms with E-state index < -0.39 is 0 Å². The van der Waals surface area contributed by atoms with Crippen molar-refractivity contribution in [2.75, 3.05) is 14.2 Å². The Morgan fingerprint density at radius 2 is 1.35 bits per heavy atom. The second-order valence-corrected chi connectivity index (χ2v) is 9.84. The van der Waals surface area contributed by atoms with Crippen LogP contribution in [-0.4, -0.2) is 34.3 Å². The van der Waals surface area contributed by atoms with E-state index in [1.807, 2.05) is 89.6 Å². The third-order valence-corrected chi connectivity index (χ3v) is 7.44. The van der Waals surface area contributed by atoms with Gasteiger partial charge in [-0.3, -0.25) is 4.79 Å². The summed E-state index contributed by atoms with van der Waals surface area (Å²) in [6.45, 7) is 0.440. The maximum atomic E-state index is 14.4. The number of ether oxygens (including phenoxy) is 2. The number of methoxy groups -OCH3 is 2. The SMILES string of the molecule is COc1ccc(C[N+]2=C(c3ccccc3)C(c3ccccc3)c3nc(Cl)c(-c4ccc(OC)cc4)c(=O)n32)cc1. The number of benzene rings is 4. The zero-order chi connectivity index (χ0) is 27.6. The van der Waals surface area contributed by atoms with Gasteiger partial charge in [0.1, 0.15) is 22.6 Å². The molecule has 1 atom stereocenters. The quantitative estimate of drug-likeness (QED) is 0.180. The number of aromatic nitrogens is 2. The smallest absolute Gasteiger partial charge is 0.319 e. The van der Waals surface area contributed by atoms with Crippen molar-refractivity contribution in [3.63, 3.8) is 0 Å². The molecule has 0 bridgehead atoms. The highest BCUT2D eigenvalue weighted by Gasteiger charge is 2.44. The zero-order valence-corrected chi connectivity index (χ0v) is 22.9. The minimum atomic E-state index is -0.308. The molecule has 0 amide bonds. The molecule has 1 unspecified atom stereocenters. The number of hydrogen-bond donors (Lipinski definition) is 0. The molecule has 0 radical (unpaired) electrons. The summed E-state index contributed by atoms with van der Waals surface area (Å²) < 4.78 is 14.4. The number of nitrogens with zero attached hydrogens (tertiary/aromatic N) is 3. The fourth-order valence-corrected chi connectivity index (χ4v) is 5.51. The molecule has 0 N–H and O–H groups in total. The lowest BCUT2D eigenvalue weighted by atomic mass is 9.89. The highest BCUT2D eigenvalue weighted by Crippen LogP contribution is 2.35. The van der Waals surface area contributed by atoms with Crippen molar-refractivity contribution in [1.29, 1.82) is 0 Å². The third-order valence-electron chi connectivity index (χ3n) is 7.17. The molecule has 0 saturated carbocycles. The highest BCUT2D eigenvalue weighted by molar-refractivity contribution is 6.32. The molecule has 1 aromatic heterocycles. The summed E-state index contributed by atoms with van der Waals surface area (Å²) in [7, 11) is 3.25. The van der Waals surface area contributed by atoms with Gasteiger partial charge in [-0.2, -0.15) is 0 Å². The largest absolute Gasteiger partial charge is 0.497 e. The first-order chi connectivity index (χ1) is 19.6. The molecule has 4 aromatic carbocycles. The summed E-state index contributed by atoms with van der Waals surface area (Å²) >= 11 is 6.81. The summed E-state index contributed by atoms with van der Waals surface area (Å²) in [5, 5.41) is 0.168. The van der Waals surface area contributed by atoms with Crippen LogP contribution in [-0.2, 0) is 6.54 Å². The van der Waals surface area contributed by atoms with Gasteiger partial charge in [0.2, 0.25) is 5.71 Å². The minimum absolute atomic E-state index is 0.168. The summed E-state index contributed by atoms with van der Waals surface area (Å²) in [5.41, 5.74) is 4.77. The minimum Gasteiger partial charge on any atom is -0.497 e. The average Bonchev–Trinajstić information content (AvgIpc) is 3.32. The van der Waals surface area contributed by atoms with E-state index >= 15 is 0 Å². The van der Waals surface area contributed by atoms with Crippen molar-refractivity contribution in [1.82, 2.24) is 9.66 Å². The van der Waals surface area contributed by atoms with Crippen LogP contribution in [0.5, 0.6) is 11.5 Å². The van der Waals surface area contributed by atoms with Crippen LogP contribution in [0.4, 0.5) is 0 Å². The normalized spacial score (nSPS) is 14.2. The van der Waals surface area contributed by atoms with Crippen LogP contribution in [0.2, 0.25) is 5.15 Å². The maximum Gasteiger partial charge on any atom is 0.319 e. The molecule has 198 valence electrons. The Kier molecular flexibility index (Phi) is 6.93. The van der Waals surface area contributed by atoms with E-state index in [0.717, 1.165) is 28.2 Å². The predicted octanol–water partition coefficient (Wildman–Crippen LogP) is 6.19. The van der Waals surface area contributed by atoms with Gasteiger partial charge in [-0.15, -0.1) is 0 Å². The first kappa shape index (κ1) is 25.6. The Labute approximate surface area is 237 Å². The van der Waals surface area contributed by atoms with Gasteiger partial charge in [0.25, 0.3) is 0 Å². The number of fused-ring (bicyclic) bond motifs is 1. The molecule has 0 saturated heterocycles. The first-order valence-electron chi connectivity index (χ1n) is 12.9. The molecular formula is C33H27ClN3O3+. The number of rotatable bonds is 7. The van der Waals surface area contributed by atoms with Gasteiger partial charge in [-0.25, -0.2) is 4.98 Å². The lowest BCUT2D eigenvalue weighted by Crippen LogP contribution is -2.33. The molecule has 40 heavy (non-hydrogen) atoms. The molecule has 0 aliphatic carbocycles. The number of hydrogen-bond acceptors (Lipinski definition) is 4. The maximum absolute atomic E-state index is 14.4. The summed E-state index contributed by atoms with van der Waals surface area (Å²) in [6.07, 6.45) is 0. The molecule has 2 heterocycles. The topological polar surface area (TPSA) is 56.4 Å². The van der Waals surface area contributed by atoms with Crippen molar-refractivity contribution >= 4 is 17.3 Å². The van der Waals surface area contributed by atoms with Crippen LogP contribution in [0.1, 0.15) is 28.4 Å². The van der Waals surface area contributed by atoms with Gasteiger partial charge in [-0.05, 0) is 59.7 Å². The fourth-order valence-electron chi connectivity index (χ4n) is 5.24. The van der Waals surface area contributed by atoms with Crippen LogP contribution in [0.3, 0.4) is 0 Å². The second-order valence-electron chi connectivity index (χ2n) is 9.48. The summed E-state index contributed by atoms with van der Waals surface area (Å²) in [6, 6.07) is 35.4. The molecule has 0 spiro atoms. The Morgan fingerprint density at radius 1 is 0.775 bits per heavy atom. The van der Waals surface area contributed by atoms with Crippen molar-refractivity contribution in [3.8, 4) is 22.6 Å². The first-order valence-corrected chi connectivity index (χ1v) is 13.3. The van der Waals surface area contributed by atoms with E-state index in [9.17, 15) is 4.79 Å². The molecule has 6 rings (SSSR count). The van der Waals surface area contributed by atoms with Gasteiger partial charge in [0, 0.05) is 11.1 Å². The van der Waals surface area contributed by atoms with Crippen LogP contribution in [0.25, 0.3) is 11.1 Å². The Hall–Kier alpha value is -4.68. The van der Waals surface area contributed by atoms with Crippen LogP contribution in [0.15, 0.2) is 114 Å². The molecule has 5 aromatic rings. The van der Waals surface area contributed by atoms with E-state index in [1.165, 1.54) is 0 Å². The Balaban J connectivity index is 1.64. The van der Waals surface area contributed by atoms with Crippen molar-refractivity contribution < 1.29 is 14.2 Å². The molecule has 6 nitrogen and oxygen atoms in total. The van der Waals surface area contributed by atoms with Gasteiger partial charge in [0.05, 0.1) is 19.8 Å². The van der Waals surface area contributed by atoms with Crippen molar-refractivity contribution in [2.24, 2.45) is 0 Å². The molecule has 0 fully saturated rings. The molecular weight excluding hydrogens is 522 g/mol. The zero-order valence-electron chi connectivity index (χ0n) is 22.1. The fraction of sp³-hybridized carbons (Fsp3) is 0.121. The van der Waals surface area contributed by atoms with Gasteiger partial charge in [-0.1, -0.05) is 81.6 Å². The average molecular weight is 549 g/mol. The van der Waals surface area contributed by atoms with Gasteiger partial charge in [0.15, 0.2) is 12.4 Å². The van der Waals surface area contributed by atoms with Crippen molar-refractivity contribution in [3.05, 3.63) is 147 Å². The van der Waals surface area contributed by atoms with E-state index in [0.29, 0.717) is 29.2 Å². The predicted molar refractivity (Wildman–Crippen MR) is 157 cm³/mol. The Bertz CT molecular complexity index is 1750. The summed E-state index contributed by atoms with van der Waals surface area (Å²) in [4.78, 5) is 19.3. The van der Waals surface area contributed by atoms with E-state index in [2.05, 4.69) is 24.3 Å². The van der Waals surface area contributed by atoms with Crippen molar-refractivity contribution in [2.45, 2.75) is 12.5 Å². The van der Waals surface area contributed by atoms with Crippen LogP contribution < -0.4 is 15.0 Å². The van der Waals surface area contributed by atoms with Gasteiger partial charge < -0.3 is 9.47 Å². The van der Waals surface area contributed by atoms with Crippen LogP contribution in [0, 0.1) is 0 Å². The number of halogens is 1. The van der Waals surface area contributed by atoms with Crippen LogP contribution >= 0.6 is 11.6 Å². The third kappa shape index (κ3) is 4.56. The standard InChI is InChI=1S/C33H27ClN3O3/c1-39-26-17-13-22(14-18-26)21-36-30(25-11-7-4-8-12-25)28(23-9-5-3-6-10-23)32-35-31(34)29(33(38)37(32)36)24-15-19-27(40-2)20-16-24/h3-20,28H,21H2,1-2H3/q+1.